The summed E-state index contributed by atoms with van der Waals surface area (Å²) in [4.78, 5) is 28.7. The molecule has 0 bridgehead atoms. The number of hydrogen-bond donors (Lipinski definition) is 0. The van der Waals surface area contributed by atoms with Crippen LogP contribution < -0.4 is 9.75 Å². The van der Waals surface area contributed by atoms with Gasteiger partial charge in [0.25, 0.3) is 0 Å². The van der Waals surface area contributed by atoms with E-state index in [0.717, 1.165) is 5.56 Å². The number of amides is 1. The second-order valence-electron chi connectivity index (χ2n) is 5.43. The maximum atomic E-state index is 12.1. The number of rotatable bonds is 3. The van der Waals surface area contributed by atoms with Crippen LogP contribution >= 0.6 is 11.8 Å². The van der Waals surface area contributed by atoms with Crippen LogP contribution in [0, 0.1) is 0 Å². The molecule has 0 atom stereocenters. The standard InChI is InChI=1S/C17H18N4O3S/c1-5-14-18-15-17(20(14)10(2)22)25-16(19-21(15)11(3)23)12-7-6-8-13(9-12)24-4/h6-9H,5H2,1-4H3. The molecule has 0 saturated carbocycles. The van der Waals surface area contributed by atoms with E-state index in [-0.39, 0.29) is 11.8 Å². The summed E-state index contributed by atoms with van der Waals surface area (Å²) in [6.07, 6.45) is 0.577. The van der Waals surface area contributed by atoms with E-state index < -0.39 is 0 Å². The number of anilines is 1. The smallest absolute Gasteiger partial charge is 0.245 e. The van der Waals surface area contributed by atoms with Gasteiger partial charge in [0.1, 0.15) is 21.6 Å². The van der Waals surface area contributed by atoms with Crippen molar-refractivity contribution >= 4 is 34.4 Å². The summed E-state index contributed by atoms with van der Waals surface area (Å²) in [7, 11) is 1.59. The molecule has 0 unspecified atom stereocenters. The second-order valence-corrected chi connectivity index (χ2v) is 6.41. The average molecular weight is 358 g/mol. The first kappa shape index (κ1) is 17.2. The number of aromatic nitrogens is 2. The van der Waals surface area contributed by atoms with Crippen LogP contribution in [0.5, 0.6) is 5.75 Å². The molecule has 0 spiro atoms. The minimum absolute atomic E-state index is 0.145. The van der Waals surface area contributed by atoms with Gasteiger partial charge in [-0.3, -0.25) is 14.2 Å². The molecule has 7 nitrogen and oxygen atoms in total. The number of methoxy groups -OCH3 is 1. The van der Waals surface area contributed by atoms with E-state index in [9.17, 15) is 9.59 Å². The fourth-order valence-corrected chi connectivity index (χ4v) is 3.67. The van der Waals surface area contributed by atoms with E-state index in [1.807, 2.05) is 31.2 Å². The first-order valence-corrected chi connectivity index (χ1v) is 8.62. The molecule has 3 rings (SSSR count). The summed E-state index contributed by atoms with van der Waals surface area (Å²) < 4.78 is 6.80. The molecular formula is C17H18N4O3S. The molecule has 0 fully saturated rings. The normalized spacial score (nSPS) is 13.3. The van der Waals surface area contributed by atoms with Crippen LogP contribution in [0.1, 0.15) is 37.0 Å². The lowest BCUT2D eigenvalue weighted by atomic mass is 10.2. The highest BCUT2D eigenvalue weighted by molar-refractivity contribution is 8.14. The van der Waals surface area contributed by atoms with E-state index in [0.29, 0.717) is 33.9 Å². The van der Waals surface area contributed by atoms with Crippen LogP contribution in [0.15, 0.2) is 34.4 Å². The van der Waals surface area contributed by atoms with Crippen molar-refractivity contribution in [1.82, 2.24) is 9.55 Å². The Morgan fingerprint density at radius 2 is 2.00 bits per heavy atom. The Morgan fingerprint density at radius 3 is 2.60 bits per heavy atom. The number of hydrogen-bond acceptors (Lipinski definition) is 6. The van der Waals surface area contributed by atoms with Gasteiger partial charge in [-0.1, -0.05) is 19.1 Å². The molecule has 2 heterocycles. The lowest BCUT2D eigenvalue weighted by Gasteiger charge is -2.21. The van der Waals surface area contributed by atoms with Gasteiger partial charge in [0.15, 0.2) is 5.82 Å². The Kier molecular flexibility index (Phi) is 4.63. The first-order valence-electron chi connectivity index (χ1n) is 7.80. The fourth-order valence-electron chi connectivity index (χ4n) is 2.57. The van der Waals surface area contributed by atoms with Gasteiger partial charge in [-0.25, -0.2) is 4.98 Å². The van der Waals surface area contributed by atoms with E-state index in [1.165, 1.54) is 30.6 Å². The SMILES string of the molecule is CCc1nc2c(n1C(C)=O)SC(c1cccc(OC)c1)=NN2C(C)=O. The van der Waals surface area contributed by atoms with Crippen molar-refractivity contribution in [3.05, 3.63) is 35.7 Å². The highest BCUT2D eigenvalue weighted by Crippen LogP contribution is 2.38. The van der Waals surface area contributed by atoms with Crippen LogP contribution in [0.4, 0.5) is 5.82 Å². The van der Waals surface area contributed by atoms with Gasteiger partial charge in [-0.2, -0.15) is 10.1 Å². The summed E-state index contributed by atoms with van der Waals surface area (Å²) in [5.41, 5.74) is 0.801. The summed E-state index contributed by atoms with van der Waals surface area (Å²) in [5, 5.41) is 6.89. The molecule has 25 heavy (non-hydrogen) atoms. The van der Waals surface area contributed by atoms with Crippen molar-refractivity contribution in [2.75, 3.05) is 12.1 Å². The number of ether oxygens (including phenoxy) is 1. The van der Waals surface area contributed by atoms with Gasteiger partial charge in [-0.05, 0) is 23.9 Å². The van der Waals surface area contributed by atoms with E-state index >= 15 is 0 Å². The molecule has 1 amide bonds. The minimum atomic E-state index is -0.266. The Balaban J connectivity index is 2.15. The number of fused-ring (bicyclic) bond motifs is 1. The monoisotopic (exact) mass is 358 g/mol. The molecule has 130 valence electrons. The highest BCUT2D eigenvalue weighted by atomic mass is 32.2. The number of imidazole rings is 1. The van der Waals surface area contributed by atoms with Gasteiger partial charge in [0, 0.05) is 25.8 Å². The number of thioether (sulfide) groups is 1. The molecule has 0 saturated heterocycles. The quantitative estimate of drug-likeness (QED) is 0.843. The molecule has 0 radical (unpaired) electrons. The van der Waals surface area contributed by atoms with Crippen molar-refractivity contribution in [3.63, 3.8) is 0 Å². The predicted molar refractivity (Wildman–Crippen MR) is 96.5 cm³/mol. The number of carbonyl (C=O) groups is 2. The van der Waals surface area contributed by atoms with Gasteiger partial charge in [-0.15, -0.1) is 0 Å². The zero-order chi connectivity index (χ0) is 18.1. The third-order valence-electron chi connectivity index (χ3n) is 3.72. The lowest BCUT2D eigenvalue weighted by Crippen LogP contribution is -2.28. The predicted octanol–water partition coefficient (Wildman–Crippen LogP) is 2.93. The van der Waals surface area contributed by atoms with E-state index in [4.69, 9.17) is 4.74 Å². The number of benzene rings is 1. The third kappa shape index (κ3) is 3.05. The van der Waals surface area contributed by atoms with Crippen LogP contribution in [0.3, 0.4) is 0 Å². The van der Waals surface area contributed by atoms with Gasteiger partial charge in [0.2, 0.25) is 11.8 Å². The zero-order valence-electron chi connectivity index (χ0n) is 14.4. The number of nitrogens with zero attached hydrogens (tertiary/aromatic N) is 4. The van der Waals surface area contributed by atoms with Crippen molar-refractivity contribution < 1.29 is 14.3 Å². The summed E-state index contributed by atoms with van der Waals surface area (Å²) in [6.45, 7) is 4.82. The summed E-state index contributed by atoms with van der Waals surface area (Å²) >= 11 is 1.32. The number of hydrazone groups is 1. The molecule has 0 N–H and O–H groups in total. The van der Waals surface area contributed by atoms with Gasteiger partial charge in [0.05, 0.1) is 7.11 Å². The molecule has 2 aromatic rings. The van der Waals surface area contributed by atoms with E-state index in [2.05, 4.69) is 10.1 Å². The number of carbonyl (C=O) groups excluding carboxylic acids is 2. The van der Waals surface area contributed by atoms with Crippen molar-refractivity contribution in [2.24, 2.45) is 5.10 Å². The number of aryl methyl sites for hydroxylation is 1. The third-order valence-corrected chi connectivity index (χ3v) is 4.79. The Labute approximate surface area is 149 Å². The van der Waals surface area contributed by atoms with Crippen LogP contribution in [0.2, 0.25) is 0 Å². The largest absolute Gasteiger partial charge is 0.497 e. The zero-order valence-corrected chi connectivity index (χ0v) is 15.3. The fraction of sp³-hybridized carbons (Fsp3) is 0.294. The minimum Gasteiger partial charge on any atom is -0.497 e. The summed E-state index contributed by atoms with van der Waals surface area (Å²) in [6, 6.07) is 7.41. The van der Waals surface area contributed by atoms with Crippen LogP contribution in [-0.2, 0) is 11.2 Å². The molecule has 1 aromatic carbocycles. The first-order chi connectivity index (χ1) is 12.0. The van der Waals surface area contributed by atoms with Crippen molar-refractivity contribution in [2.45, 2.75) is 32.2 Å². The van der Waals surface area contributed by atoms with Gasteiger partial charge < -0.3 is 4.74 Å². The second kappa shape index (κ2) is 6.72. The van der Waals surface area contributed by atoms with Crippen molar-refractivity contribution in [3.8, 4) is 5.75 Å². The Hall–Kier alpha value is -2.61. The molecule has 1 aliphatic heterocycles. The van der Waals surface area contributed by atoms with Crippen molar-refractivity contribution in [1.29, 1.82) is 0 Å². The molecule has 1 aromatic heterocycles. The molecule has 0 aliphatic carbocycles. The van der Waals surface area contributed by atoms with Crippen LogP contribution in [0.25, 0.3) is 0 Å². The summed E-state index contributed by atoms with van der Waals surface area (Å²) in [5.74, 6) is 1.29. The highest BCUT2D eigenvalue weighted by Gasteiger charge is 2.31. The topological polar surface area (TPSA) is 76.8 Å². The Bertz CT molecular complexity index is 888. The van der Waals surface area contributed by atoms with Crippen LogP contribution in [-0.4, -0.2) is 33.5 Å². The Morgan fingerprint density at radius 1 is 1.24 bits per heavy atom. The average Bonchev–Trinajstić information content (AvgIpc) is 2.99. The maximum absolute atomic E-state index is 12.1. The molecular weight excluding hydrogens is 340 g/mol. The molecule has 1 aliphatic rings. The van der Waals surface area contributed by atoms with Gasteiger partial charge >= 0.3 is 0 Å². The van der Waals surface area contributed by atoms with E-state index in [1.54, 1.807) is 11.7 Å². The maximum Gasteiger partial charge on any atom is 0.245 e. The lowest BCUT2D eigenvalue weighted by molar-refractivity contribution is -0.116. The molecule has 8 heteroatoms.